The van der Waals surface area contributed by atoms with Crippen molar-refractivity contribution in [3.63, 3.8) is 0 Å². The van der Waals surface area contributed by atoms with E-state index in [-0.39, 0.29) is 6.04 Å². The van der Waals surface area contributed by atoms with E-state index in [4.69, 9.17) is 5.11 Å². The smallest absolute Gasteiger partial charge is 0.320 e. The molecule has 94 valence electrons. The molecule has 1 N–H and O–H groups in total. The largest absolute Gasteiger partial charge is 0.480 e. The van der Waals surface area contributed by atoms with E-state index in [0.29, 0.717) is 0 Å². The molecule has 1 rings (SSSR count). The summed E-state index contributed by atoms with van der Waals surface area (Å²) in [6, 6.07) is 10.0. The second-order valence-electron chi connectivity index (χ2n) is 4.43. The van der Waals surface area contributed by atoms with E-state index in [2.05, 4.69) is 19.1 Å². The zero-order chi connectivity index (χ0) is 12.8. The lowest BCUT2D eigenvalue weighted by Gasteiger charge is -2.30. The second-order valence-corrected chi connectivity index (χ2v) is 4.43. The third-order valence-corrected chi connectivity index (χ3v) is 3.33. The van der Waals surface area contributed by atoms with Crippen LogP contribution in [-0.4, -0.2) is 35.1 Å². The average molecular weight is 235 g/mol. The normalized spacial score (nSPS) is 14.6. The van der Waals surface area contributed by atoms with Gasteiger partial charge in [-0.3, -0.25) is 9.69 Å². The van der Waals surface area contributed by atoms with Gasteiger partial charge in [0.05, 0.1) is 0 Å². The molecule has 17 heavy (non-hydrogen) atoms. The van der Waals surface area contributed by atoms with Gasteiger partial charge in [-0.2, -0.15) is 0 Å². The van der Waals surface area contributed by atoms with Gasteiger partial charge >= 0.3 is 5.97 Å². The lowest BCUT2D eigenvalue weighted by molar-refractivity contribution is -0.142. The number of rotatable bonds is 6. The third kappa shape index (κ3) is 3.86. The molecule has 3 heteroatoms. The molecule has 0 saturated heterocycles. The molecule has 0 amide bonds. The molecule has 0 spiro atoms. The first-order valence-electron chi connectivity index (χ1n) is 6.05. The van der Waals surface area contributed by atoms with Gasteiger partial charge in [0.25, 0.3) is 0 Å². The molecule has 0 saturated carbocycles. The maximum atomic E-state index is 11.0. The van der Waals surface area contributed by atoms with Crippen LogP contribution in [0, 0.1) is 0 Å². The minimum Gasteiger partial charge on any atom is -0.480 e. The van der Waals surface area contributed by atoms with Crippen molar-refractivity contribution in [1.29, 1.82) is 0 Å². The number of likely N-dealkylation sites (N-methyl/N-ethyl adjacent to an activating group) is 1. The molecule has 0 aliphatic carbocycles. The lowest BCUT2D eigenvalue weighted by atomic mass is 10.0. The Hall–Kier alpha value is -1.35. The molecule has 1 aromatic carbocycles. The van der Waals surface area contributed by atoms with Gasteiger partial charge in [0.2, 0.25) is 0 Å². The first-order chi connectivity index (χ1) is 8.06. The minimum absolute atomic E-state index is 0.267. The standard InChI is InChI=1S/C14H21NO2/c1-4-13(15(3)11(2)14(16)17)10-12-8-6-5-7-9-12/h5-9,11,13H,4,10H2,1-3H3,(H,16,17). The summed E-state index contributed by atoms with van der Waals surface area (Å²) < 4.78 is 0. The molecular weight excluding hydrogens is 214 g/mol. The quantitative estimate of drug-likeness (QED) is 0.823. The van der Waals surface area contributed by atoms with Crippen molar-refractivity contribution in [3.05, 3.63) is 35.9 Å². The molecule has 3 nitrogen and oxygen atoms in total. The molecule has 0 aliphatic heterocycles. The number of hydrogen-bond acceptors (Lipinski definition) is 2. The van der Waals surface area contributed by atoms with E-state index in [1.807, 2.05) is 30.1 Å². The summed E-state index contributed by atoms with van der Waals surface area (Å²) in [6.07, 6.45) is 1.84. The number of hydrogen-bond donors (Lipinski definition) is 1. The van der Waals surface area contributed by atoms with Gasteiger partial charge in [-0.15, -0.1) is 0 Å². The third-order valence-electron chi connectivity index (χ3n) is 3.33. The van der Waals surface area contributed by atoms with Crippen LogP contribution >= 0.6 is 0 Å². The fourth-order valence-electron chi connectivity index (χ4n) is 1.95. The van der Waals surface area contributed by atoms with Crippen molar-refractivity contribution in [3.8, 4) is 0 Å². The Bertz CT molecular complexity index is 350. The Morgan fingerprint density at radius 2 is 1.94 bits per heavy atom. The van der Waals surface area contributed by atoms with Gasteiger partial charge < -0.3 is 5.11 Å². The van der Waals surface area contributed by atoms with Gasteiger partial charge in [-0.05, 0) is 32.4 Å². The SMILES string of the molecule is CCC(Cc1ccccc1)N(C)C(C)C(=O)O. The second kappa shape index (κ2) is 6.40. The Balaban J connectivity index is 2.69. The minimum atomic E-state index is -0.765. The van der Waals surface area contributed by atoms with Crippen LogP contribution in [0.3, 0.4) is 0 Å². The van der Waals surface area contributed by atoms with Gasteiger partial charge in [0.15, 0.2) is 0 Å². The molecule has 0 radical (unpaired) electrons. The molecule has 1 aromatic rings. The van der Waals surface area contributed by atoms with E-state index in [1.165, 1.54) is 5.56 Å². The monoisotopic (exact) mass is 235 g/mol. The van der Waals surface area contributed by atoms with Crippen LogP contribution in [0.2, 0.25) is 0 Å². The van der Waals surface area contributed by atoms with Crippen LogP contribution in [0.5, 0.6) is 0 Å². The zero-order valence-corrected chi connectivity index (χ0v) is 10.8. The molecule has 0 aliphatic rings. The lowest BCUT2D eigenvalue weighted by Crippen LogP contribution is -2.43. The summed E-state index contributed by atoms with van der Waals surface area (Å²) in [5.41, 5.74) is 1.25. The van der Waals surface area contributed by atoms with Gasteiger partial charge in [0, 0.05) is 6.04 Å². The first-order valence-corrected chi connectivity index (χ1v) is 6.05. The maximum absolute atomic E-state index is 11.0. The van der Waals surface area contributed by atoms with Crippen LogP contribution in [0.1, 0.15) is 25.8 Å². The highest BCUT2D eigenvalue weighted by molar-refractivity contribution is 5.72. The Morgan fingerprint density at radius 3 is 2.41 bits per heavy atom. The van der Waals surface area contributed by atoms with Crippen LogP contribution in [0.15, 0.2) is 30.3 Å². The summed E-state index contributed by atoms with van der Waals surface area (Å²) in [5.74, 6) is -0.765. The summed E-state index contributed by atoms with van der Waals surface area (Å²) in [7, 11) is 1.88. The van der Waals surface area contributed by atoms with Gasteiger partial charge in [-0.1, -0.05) is 37.3 Å². The van der Waals surface area contributed by atoms with Crippen LogP contribution in [-0.2, 0) is 11.2 Å². The van der Waals surface area contributed by atoms with Crippen molar-refractivity contribution < 1.29 is 9.90 Å². The maximum Gasteiger partial charge on any atom is 0.320 e. The van der Waals surface area contributed by atoms with Crippen molar-refractivity contribution in [1.82, 2.24) is 4.90 Å². The topological polar surface area (TPSA) is 40.5 Å². The fourth-order valence-corrected chi connectivity index (χ4v) is 1.95. The van der Waals surface area contributed by atoms with Crippen LogP contribution in [0.4, 0.5) is 0 Å². The summed E-state index contributed by atoms with van der Waals surface area (Å²) in [4.78, 5) is 12.9. The highest BCUT2D eigenvalue weighted by Gasteiger charge is 2.23. The van der Waals surface area contributed by atoms with Crippen LogP contribution < -0.4 is 0 Å². The molecule has 2 unspecified atom stereocenters. The number of carboxylic acids is 1. The van der Waals surface area contributed by atoms with Crippen molar-refractivity contribution in [2.24, 2.45) is 0 Å². The first kappa shape index (κ1) is 13.7. The predicted octanol–water partition coefficient (Wildman–Crippen LogP) is 2.41. The van der Waals surface area contributed by atoms with Crippen molar-refractivity contribution in [2.45, 2.75) is 38.8 Å². The number of nitrogens with zero attached hydrogens (tertiary/aromatic N) is 1. The highest BCUT2D eigenvalue weighted by atomic mass is 16.4. The van der Waals surface area contributed by atoms with E-state index in [0.717, 1.165) is 12.8 Å². The Morgan fingerprint density at radius 1 is 1.35 bits per heavy atom. The van der Waals surface area contributed by atoms with Gasteiger partial charge in [0.1, 0.15) is 6.04 Å². The van der Waals surface area contributed by atoms with E-state index in [1.54, 1.807) is 6.92 Å². The summed E-state index contributed by atoms with van der Waals surface area (Å²) >= 11 is 0. The van der Waals surface area contributed by atoms with E-state index in [9.17, 15) is 4.79 Å². The number of aliphatic carboxylic acids is 1. The predicted molar refractivity (Wildman–Crippen MR) is 69.1 cm³/mol. The molecule has 0 bridgehead atoms. The van der Waals surface area contributed by atoms with Gasteiger partial charge in [-0.25, -0.2) is 0 Å². The van der Waals surface area contributed by atoms with E-state index >= 15 is 0 Å². The van der Waals surface area contributed by atoms with E-state index < -0.39 is 12.0 Å². The highest BCUT2D eigenvalue weighted by Crippen LogP contribution is 2.13. The molecular formula is C14H21NO2. The van der Waals surface area contributed by atoms with Crippen molar-refractivity contribution in [2.75, 3.05) is 7.05 Å². The van der Waals surface area contributed by atoms with Crippen LogP contribution in [0.25, 0.3) is 0 Å². The molecule has 0 fully saturated rings. The number of benzene rings is 1. The number of carboxylic acid groups (broad SMARTS) is 1. The summed E-state index contributed by atoms with van der Waals surface area (Å²) in [5, 5.41) is 9.02. The molecule has 2 atom stereocenters. The fraction of sp³-hybridized carbons (Fsp3) is 0.500. The molecule has 0 aromatic heterocycles. The average Bonchev–Trinajstić information content (AvgIpc) is 2.35. The summed E-state index contributed by atoms with van der Waals surface area (Å²) in [6.45, 7) is 3.83. The van der Waals surface area contributed by atoms with Crippen molar-refractivity contribution >= 4 is 5.97 Å². The number of carbonyl (C=O) groups is 1. The Kier molecular flexibility index (Phi) is 5.16. The zero-order valence-electron chi connectivity index (χ0n) is 10.8. The molecule has 0 heterocycles. The Labute approximate surface area is 103 Å².